The Morgan fingerprint density at radius 3 is 1.67 bits per heavy atom. The van der Waals surface area contributed by atoms with E-state index >= 15 is 0 Å². The first-order chi connectivity index (χ1) is 1.73. The van der Waals surface area contributed by atoms with Crippen LogP contribution in [0.5, 0.6) is 0 Å². The zero-order valence-corrected chi connectivity index (χ0v) is 4.82. The summed E-state index contributed by atoms with van der Waals surface area (Å²) in [7, 11) is 0. The molecular formula is C2H3ClCoO2. The van der Waals surface area contributed by atoms with Crippen LogP contribution in [0.25, 0.3) is 0 Å². The van der Waals surface area contributed by atoms with Crippen LogP contribution in [0.15, 0.2) is 0 Å². The van der Waals surface area contributed by atoms with E-state index < -0.39 is 5.97 Å². The predicted octanol–water partition coefficient (Wildman–Crippen LogP) is -4.24. The second-order valence-corrected chi connectivity index (χ2v) is 0.492. The van der Waals surface area contributed by atoms with E-state index in [1.54, 1.807) is 0 Å². The van der Waals surface area contributed by atoms with Gasteiger partial charge in [-0.3, -0.25) is 0 Å². The van der Waals surface area contributed by atoms with Crippen LogP contribution in [0.2, 0.25) is 0 Å². The number of carboxylic acids is 1. The maximum absolute atomic E-state index is 8.89. The fraction of sp³-hybridized carbons (Fsp3) is 0.500. The van der Waals surface area contributed by atoms with Gasteiger partial charge in [-0.1, -0.05) is 0 Å². The van der Waals surface area contributed by atoms with E-state index in [0.717, 1.165) is 6.92 Å². The predicted molar refractivity (Wildman–Crippen MR) is 10.7 cm³/mol. The molecule has 4 heteroatoms. The Balaban J connectivity index is -0.0000000450. The van der Waals surface area contributed by atoms with Crippen molar-refractivity contribution in [3.63, 3.8) is 0 Å². The smallest absolute Gasteiger partial charge is 1.00 e. The summed E-state index contributed by atoms with van der Waals surface area (Å²) in [6.07, 6.45) is 0. The number of hydrogen-bond acceptors (Lipinski definition) is 2. The Morgan fingerprint density at radius 2 is 1.67 bits per heavy atom. The molecule has 0 aromatic heterocycles. The molecule has 39 valence electrons. The number of carbonyl (C=O) groups excluding carboxylic acids is 1. The molecule has 6 heavy (non-hydrogen) atoms. The summed E-state index contributed by atoms with van der Waals surface area (Å²) in [5.74, 6) is -1.08. The third-order valence-corrected chi connectivity index (χ3v) is 0. The summed E-state index contributed by atoms with van der Waals surface area (Å²) < 4.78 is 0. The average molecular weight is 153 g/mol. The maximum Gasteiger partial charge on any atom is 2.00 e. The topological polar surface area (TPSA) is 40.1 Å². The van der Waals surface area contributed by atoms with Crippen LogP contribution >= 0.6 is 0 Å². The summed E-state index contributed by atoms with van der Waals surface area (Å²) in [5.41, 5.74) is 0. The maximum atomic E-state index is 8.89. The Labute approximate surface area is 52.5 Å². The van der Waals surface area contributed by atoms with Crippen molar-refractivity contribution in [3.05, 3.63) is 0 Å². The second kappa shape index (κ2) is 8.98. The first-order valence-corrected chi connectivity index (χ1v) is 0.908. The Hall–Kier alpha value is 0.266. The molecule has 0 spiro atoms. The fourth-order valence-electron chi connectivity index (χ4n) is 0. The fourth-order valence-corrected chi connectivity index (χ4v) is 0. The van der Waals surface area contributed by atoms with Crippen molar-refractivity contribution in [1.29, 1.82) is 0 Å². The molecule has 1 radical (unpaired) electrons. The van der Waals surface area contributed by atoms with Crippen LogP contribution in [0.4, 0.5) is 0 Å². The molecule has 0 heterocycles. The van der Waals surface area contributed by atoms with E-state index in [1.165, 1.54) is 0 Å². The third kappa shape index (κ3) is 641. The van der Waals surface area contributed by atoms with Gasteiger partial charge in [0.05, 0.1) is 0 Å². The number of aliphatic carboxylic acids is 1. The molecule has 2 nitrogen and oxygen atoms in total. The number of hydrogen-bond donors (Lipinski definition) is 0. The van der Waals surface area contributed by atoms with Crippen molar-refractivity contribution in [3.8, 4) is 0 Å². The third-order valence-electron chi connectivity index (χ3n) is 0. The summed E-state index contributed by atoms with van der Waals surface area (Å²) in [5, 5.41) is 8.89. The van der Waals surface area contributed by atoms with E-state index in [1.807, 2.05) is 0 Å². The summed E-state index contributed by atoms with van der Waals surface area (Å²) in [6.45, 7) is 0.972. The van der Waals surface area contributed by atoms with Crippen LogP contribution < -0.4 is 17.5 Å². The van der Waals surface area contributed by atoms with E-state index in [2.05, 4.69) is 0 Å². The molecule has 0 aliphatic rings. The SMILES string of the molecule is CC(=O)[O-].[Cl-].[Co+2]. The van der Waals surface area contributed by atoms with E-state index in [4.69, 9.17) is 9.90 Å². The number of carbonyl (C=O) groups is 1. The van der Waals surface area contributed by atoms with Gasteiger partial charge in [0.2, 0.25) is 0 Å². The number of halogens is 1. The van der Waals surface area contributed by atoms with Crippen molar-refractivity contribution in [2.75, 3.05) is 0 Å². The first-order valence-electron chi connectivity index (χ1n) is 0.908. The molecule has 0 bridgehead atoms. The van der Waals surface area contributed by atoms with Gasteiger partial charge in [-0.25, -0.2) is 0 Å². The van der Waals surface area contributed by atoms with Crippen LogP contribution in [0.3, 0.4) is 0 Å². The second-order valence-electron chi connectivity index (χ2n) is 0.492. The standard InChI is InChI=1S/C2H4O2.ClH.Co/c1-2(3)4;;/h1H3,(H,3,4);1H;/q;;+2/p-2. The monoisotopic (exact) mass is 153 g/mol. The van der Waals surface area contributed by atoms with Gasteiger partial charge < -0.3 is 22.3 Å². The normalized spacial score (nSPS) is 4.17. The van der Waals surface area contributed by atoms with Gasteiger partial charge in [0.15, 0.2) is 0 Å². The quantitative estimate of drug-likeness (QED) is 0.354. The molecule has 0 aliphatic heterocycles. The molecule has 0 saturated heterocycles. The van der Waals surface area contributed by atoms with E-state index in [9.17, 15) is 0 Å². The summed E-state index contributed by atoms with van der Waals surface area (Å²) >= 11 is 0. The van der Waals surface area contributed by atoms with Gasteiger partial charge in [0, 0.05) is 5.97 Å². The molecule has 0 aromatic carbocycles. The van der Waals surface area contributed by atoms with Crippen LogP contribution in [0.1, 0.15) is 6.92 Å². The first kappa shape index (κ1) is 16.3. The molecule has 0 fully saturated rings. The van der Waals surface area contributed by atoms with Gasteiger partial charge in [-0.15, -0.1) is 0 Å². The van der Waals surface area contributed by atoms with Crippen molar-refractivity contribution < 1.29 is 39.1 Å². The molecule has 0 unspecified atom stereocenters. The van der Waals surface area contributed by atoms with Crippen molar-refractivity contribution >= 4 is 5.97 Å². The minimum Gasteiger partial charge on any atom is -1.00 e. The molecule has 0 rings (SSSR count). The number of rotatable bonds is 0. The van der Waals surface area contributed by atoms with Crippen LogP contribution in [-0.2, 0) is 21.6 Å². The van der Waals surface area contributed by atoms with Crippen molar-refractivity contribution in [1.82, 2.24) is 0 Å². The Kier molecular flexibility index (Phi) is 24.4. The zero-order valence-electron chi connectivity index (χ0n) is 3.03. The zero-order chi connectivity index (χ0) is 3.58. The van der Waals surface area contributed by atoms with Crippen LogP contribution in [0, 0.1) is 0 Å². The Bertz CT molecular complexity index is 34.5. The molecule has 0 saturated carbocycles. The summed E-state index contributed by atoms with van der Waals surface area (Å²) in [4.78, 5) is 8.89. The Morgan fingerprint density at radius 1 is 1.67 bits per heavy atom. The molecule has 0 aromatic rings. The minimum absolute atomic E-state index is 0. The summed E-state index contributed by atoms with van der Waals surface area (Å²) in [6, 6.07) is 0. The van der Waals surface area contributed by atoms with Gasteiger partial charge in [-0.2, -0.15) is 0 Å². The molecular weight excluding hydrogens is 150 g/mol. The molecule has 0 aliphatic carbocycles. The minimum atomic E-state index is -1.08. The van der Waals surface area contributed by atoms with Gasteiger partial charge in [-0.05, 0) is 6.92 Å². The van der Waals surface area contributed by atoms with Gasteiger partial charge in [0.25, 0.3) is 0 Å². The average Bonchev–Trinajstić information content (AvgIpc) is 0.811. The van der Waals surface area contributed by atoms with Crippen molar-refractivity contribution in [2.45, 2.75) is 6.92 Å². The van der Waals surface area contributed by atoms with E-state index in [-0.39, 0.29) is 29.2 Å². The van der Waals surface area contributed by atoms with Crippen molar-refractivity contribution in [2.24, 2.45) is 0 Å². The van der Waals surface area contributed by atoms with Gasteiger partial charge in [0.1, 0.15) is 0 Å². The number of carboxylic acid groups (broad SMARTS) is 1. The molecule has 0 N–H and O–H groups in total. The molecule has 0 amide bonds. The largest absolute Gasteiger partial charge is 2.00 e. The van der Waals surface area contributed by atoms with Gasteiger partial charge >= 0.3 is 16.8 Å². The molecule has 0 atom stereocenters. The van der Waals surface area contributed by atoms with Crippen LogP contribution in [-0.4, -0.2) is 5.97 Å². The van der Waals surface area contributed by atoms with E-state index in [0.29, 0.717) is 0 Å².